The standard InChI is InChI=1S/C25H20N2O2S/c1-15-12-18(10-11-21(15)29-2)20-14-30-25-23(20)24(28)26-22(27-25)13-17-8-5-7-16-6-3-4-9-19(16)17/h3-12,14H,13H2,1-2H3,(H,26,27,28). The lowest BCUT2D eigenvalue weighted by molar-refractivity contribution is 0.412. The number of rotatable bonds is 4. The summed E-state index contributed by atoms with van der Waals surface area (Å²) >= 11 is 1.50. The van der Waals surface area contributed by atoms with Crippen LogP contribution >= 0.6 is 11.3 Å². The summed E-state index contributed by atoms with van der Waals surface area (Å²) in [6.45, 7) is 2.00. The first-order valence-corrected chi connectivity index (χ1v) is 10.6. The molecule has 1 N–H and O–H groups in total. The molecule has 0 radical (unpaired) electrons. The minimum atomic E-state index is -0.0973. The molecule has 0 atom stereocenters. The Balaban J connectivity index is 1.57. The Morgan fingerprint density at radius 3 is 2.73 bits per heavy atom. The summed E-state index contributed by atoms with van der Waals surface area (Å²) in [7, 11) is 1.66. The van der Waals surface area contributed by atoms with Crippen LogP contribution < -0.4 is 10.3 Å². The molecule has 0 unspecified atom stereocenters. The van der Waals surface area contributed by atoms with E-state index in [1.807, 2.05) is 48.7 Å². The van der Waals surface area contributed by atoms with Crippen molar-refractivity contribution < 1.29 is 4.74 Å². The molecule has 0 aliphatic heterocycles. The number of fused-ring (bicyclic) bond motifs is 2. The third-order valence-corrected chi connectivity index (χ3v) is 6.31. The van der Waals surface area contributed by atoms with Crippen LogP contribution in [-0.4, -0.2) is 17.1 Å². The Hall–Kier alpha value is -3.44. The van der Waals surface area contributed by atoms with Crippen molar-refractivity contribution in [3.05, 3.63) is 93.3 Å². The minimum Gasteiger partial charge on any atom is -0.496 e. The fourth-order valence-corrected chi connectivity index (χ4v) is 4.93. The lowest BCUT2D eigenvalue weighted by Crippen LogP contribution is -2.11. The Bertz CT molecular complexity index is 1440. The Morgan fingerprint density at radius 2 is 1.90 bits per heavy atom. The van der Waals surface area contributed by atoms with E-state index in [4.69, 9.17) is 9.72 Å². The van der Waals surface area contributed by atoms with Gasteiger partial charge in [-0.1, -0.05) is 48.5 Å². The monoisotopic (exact) mass is 412 g/mol. The topological polar surface area (TPSA) is 55.0 Å². The molecule has 3 aromatic carbocycles. The van der Waals surface area contributed by atoms with Crippen LogP contribution in [0.15, 0.2) is 70.8 Å². The van der Waals surface area contributed by atoms with Crippen LogP contribution in [0.5, 0.6) is 5.75 Å². The molecule has 0 spiro atoms. The lowest BCUT2D eigenvalue weighted by atomic mass is 10.0. The molecule has 30 heavy (non-hydrogen) atoms. The summed E-state index contributed by atoms with van der Waals surface area (Å²) in [5, 5.41) is 5.02. The second-order valence-electron chi connectivity index (χ2n) is 7.34. The smallest absolute Gasteiger partial charge is 0.260 e. The summed E-state index contributed by atoms with van der Waals surface area (Å²) in [6, 6.07) is 20.5. The Kier molecular flexibility index (Phi) is 4.60. The number of ether oxygens (including phenoxy) is 1. The number of methoxy groups -OCH3 is 1. The molecule has 4 nitrogen and oxygen atoms in total. The van der Waals surface area contributed by atoms with Crippen molar-refractivity contribution in [1.29, 1.82) is 0 Å². The molecule has 0 aliphatic rings. The molecule has 2 heterocycles. The molecule has 5 aromatic rings. The highest BCUT2D eigenvalue weighted by Gasteiger charge is 2.14. The second-order valence-corrected chi connectivity index (χ2v) is 8.20. The lowest BCUT2D eigenvalue weighted by Gasteiger charge is -2.08. The van der Waals surface area contributed by atoms with Crippen molar-refractivity contribution in [3.63, 3.8) is 0 Å². The highest BCUT2D eigenvalue weighted by molar-refractivity contribution is 7.17. The molecule has 0 fully saturated rings. The maximum absolute atomic E-state index is 13.0. The number of benzene rings is 3. The maximum Gasteiger partial charge on any atom is 0.260 e. The van der Waals surface area contributed by atoms with Crippen LogP contribution in [0.2, 0.25) is 0 Å². The van der Waals surface area contributed by atoms with Crippen LogP contribution in [0.3, 0.4) is 0 Å². The van der Waals surface area contributed by atoms with E-state index in [2.05, 4.69) is 29.2 Å². The highest BCUT2D eigenvalue weighted by Crippen LogP contribution is 2.33. The number of hydrogen-bond donors (Lipinski definition) is 1. The van der Waals surface area contributed by atoms with Gasteiger partial charge in [-0.3, -0.25) is 4.79 Å². The van der Waals surface area contributed by atoms with Crippen molar-refractivity contribution in [3.8, 4) is 16.9 Å². The van der Waals surface area contributed by atoms with Crippen molar-refractivity contribution in [2.45, 2.75) is 13.3 Å². The number of H-pyrrole nitrogens is 1. The predicted octanol–water partition coefficient (Wildman–Crippen LogP) is 5.71. The predicted molar refractivity (Wildman–Crippen MR) is 124 cm³/mol. The number of thiophene rings is 1. The second kappa shape index (κ2) is 7.43. The average Bonchev–Trinajstić information content (AvgIpc) is 3.18. The van der Waals surface area contributed by atoms with Gasteiger partial charge in [0.05, 0.1) is 12.5 Å². The van der Waals surface area contributed by atoms with E-state index in [0.29, 0.717) is 17.6 Å². The fraction of sp³-hybridized carbons (Fsp3) is 0.120. The number of nitrogens with one attached hydrogen (secondary N) is 1. The van der Waals surface area contributed by atoms with Crippen LogP contribution in [0, 0.1) is 6.92 Å². The maximum atomic E-state index is 13.0. The van der Waals surface area contributed by atoms with E-state index < -0.39 is 0 Å². The molecule has 5 heteroatoms. The van der Waals surface area contributed by atoms with Crippen LogP contribution in [0.4, 0.5) is 0 Å². The quantitative estimate of drug-likeness (QED) is 0.411. The van der Waals surface area contributed by atoms with E-state index in [0.717, 1.165) is 32.8 Å². The highest BCUT2D eigenvalue weighted by atomic mass is 32.1. The van der Waals surface area contributed by atoms with E-state index in [-0.39, 0.29) is 5.56 Å². The first-order valence-electron chi connectivity index (χ1n) is 9.76. The van der Waals surface area contributed by atoms with E-state index in [9.17, 15) is 4.79 Å². The van der Waals surface area contributed by atoms with E-state index >= 15 is 0 Å². The first kappa shape index (κ1) is 18.6. The molecule has 148 valence electrons. The molecule has 0 amide bonds. The number of hydrogen-bond acceptors (Lipinski definition) is 4. The van der Waals surface area contributed by atoms with Gasteiger partial charge < -0.3 is 9.72 Å². The summed E-state index contributed by atoms with van der Waals surface area (Å²) in [6.07, 6.45) is 0.585. The van der Waals surface area contributed by atoms with E-state index in [1.165, 1.54) is 22.1 Å². The first-order chi connectivity index (χ1) is 14.6. The molecule has 5 rings (SSSR count). The minimum absolute atomic E-state index is 0.0973. The van der Waals surface area contributed by atoms with Gasteiger partial charge in [0, 0.05) is 17.4 Å². The molecule has 2 aromatic heterocycles. The Morgan fingerprint density at radius 1 is 1.07 bits per heavy atom. The van der Waals surface area contributed by atoms with Crippen molar-refractivity contribution in [1.82, 2.24) is 9.97 Å². The summed E-state index contributed by atoms with van der Waals surface area (Å²) in [5.41, 5.74) is 3.99. The van der Waals surface area contributed by atoms with Gasteiger partial charge in [0.2, 0.25) is 0 Å². The molecule has 0 saturated carbocycles. The molecule has 0 bridgehead atoms. The molecular weight excluding hydrogens is 392 g/mol. The van der Waals surface area contributed by atoms with Gasteiger partial charge in [0.15, 0.2) is 0 Å². The van der Waals surface area contributed by atoms with Crippen LogP contribution in [-0.2, 0) is 6.42 Å². The third kappa shape index (κ3) is 3.17. The number of nitrogens with zero attached hydrogens (tertiary/aromatic N) is 1. The normalized spacial score (nSPS) is 11.3. The SMILES string of the molecule is COc1ccc(-c2csc3nc(Cc4cccc5ccccc45)[nH]c(=O)c23)cc1C. The van der Waals surface area contributed by atoms with Gasteiger partial charge in [0.25, 0.3) is 5.56 Å². The van der Waals surface area contributed by atoms with E-state index in [1.54, 1.807) is 7.11 Å². The van der Waals surface area contributed by atoms with Gasteiger partial charge >= 0.3 is 0 Å². The molecular formula is C25H20N2O2S. The zero-order chi connectivity index (χ0) is 20.7. The van der Waals surface area contributed by atoms with Gasteiger partial charge in [-0.05, 0) is 46.5 Å². The zero-order valence-corrected chi connectivity index (χ0v) is 17.5. The van der Waals surface area contributed by atoms with Gasteiger partial charge in [-0.2, -0.15) is 0 Å². The molecule has 0 saturated heterocycles. The van der Waals surface area contributed by atoms with Gasteiger partial charge in [-0.15, -0.1) is 11.3 Å². The van der Waals surface area contributed by atoms with Crippen LogP contribution in [0.1, 0.15) is 17.0 Å². The number of aromatic amines is 1. The fourth-order valence-electron chi connectivity index (χ4n) is 3.96. The summed E-state index contributed by atoms with van der Waals surface area (Å²) in [5.74, 6) is 1.52. The van der Waals surface area contributed by atoms with Crippen molar-refractivity contribution >= 4 is 32.3 Å². The number of aryl methyl sites for hydroxylation is 1. The van der Waals surface area contributed by atoms with Crippen LogP contribution in [0.25, 0.3) is 32.1 Å². The summed E-state index contributed by atoms with van der Waals surface area (Å²) < 4.78 is 5.35. The van der Waals surface area contributed by atoms with Crippen molar-refractivity contribution in [2.75, 3.05) is 7.11 Å². The Labute approximate surface area is 177 Å². The third-order valence-electron chi connectivity index (χ3n) is 5.44. The van der Waals surface area contributed by atoms with Gasteiger partial charge in [-0.25, -0.2) is 4.98 Å². The number of aromatic nitrogens is 2. The average molecular weight is 413 g/mol. The zero-order valence-electron chi connectivity index (χ0n) is 16.7. The summed E-state index contributed by atoms with van der Waals surface area (Å²) in [4.78, 5) is 21.6. The largest absolute Gasteiger partial charge is 0.496 e. The van der Waals surface area contributed by atoms with Gasteiger partial charge in [0.1, 0.15) is 16.4 Å². The van der Waals surface area contributed by atoms with Crippen molar-refractivity contribution in [2.24, 2.45) is 0 Å². The molecule has 0 aliphatic carbocycles.